The van der Waals surface area contributed by atoms with Crippen molar-refractivity contribution < 1.29 is 4.39 Å². The molecule has 0 aliphatic heterocycles. The molecule has 0 saturated carbocycles. The Morgan fingerprint density at radius 1 is 1.21 bits per heavy atom. The van der Waals surface area contributed by atoms with E-state index in [4.69, 9.17) is 5.73 Å². The van der Waals surface area contributed by atoms with Gasteiger partial charge in [0.1, 0.15) is 5.82 Å². The van der Waals surface area contributed by atoms with Gasteiger partial charge in [-0.05, 0) is 42.6 Å². The van der Waals surface area contributed by atoms with Gasteiger partial charge in [-0.3, -0.25) is 0 Å². The predicted molar refractivity (Wildman–Crippen MR) is 79.7 cm³/mol. The van der Waals surface area contributed by atoms with E-state index in [9.17, 15) is 4.39 Å². The Bertz CT molecular complexity index is 399. The van der Waals surface area contributed by atoms with Gasteiger partial charge < -0.3 is 11.1 Å². The summed E-state index contributed by atoms with van der Waals surface area (Å²) in [4.78, 5) is 0. The maximum Gasteiger partial charge on any atom is 0.123 e. The first-order chi connectivity index (χ1) is 8.77. The van der Waals surface area contributed by atoms with Crippen LogP contribution >= 0.6 is 0 Å². The lowest BCUT2D eigenvalue weighted by atomic mass is 9.84. The van der Waals surface area contributed by atoms with Crippen LogP contribution in [0, 0.1) is 11.2 Å². The Morgan fingerprint density at radius 3 is 2.47 bits per heavy atom. The molecule has 0 bridgehead atoms. The molecule has 0 saturated heterocycles. The van der Waals surface area contributed by atoms with Crippen LogP contribution in [0.4, 0.5) is 4.39 Å². The first-order valence-electron chi connectivity index (χ1n) is 6.94. The van der Waals surface area contributed by atoms with Gasteiger partial charge in [0.15, 0.2) is 0 Å². The van der Waals surface area contributed by atoms with E-state index in [0.717, 1.165) is 25.1 Å². The molecule has 0 atom stereocenters. The second-order valence-corrected chi connectivity index (χ2v) is 6.69. The highest BCUT2D eigenvalue weighted by Crippen LogP contribution is 2.23. The number of hydrogen-bond acceptors (Lipinski definition) is 2. The Morgan fingerprint density at radius 2 is 1.89 bits per heavy atom. The molecule has 0 spiro atoms. The van der Waals surface area contributed by atoms with Crippen LogP contribution in [0.2, 0.25) is 0 Å². The van der Waals surface area contributed by atoms with E-state index in [1.165, 1.54) is 6.07 Å². The van der Waals surface area contributed by atoms with Gasteiger partial charge in [0.25, 0.3) is 0 Å². The van der Waals surface area contributed by atoms with Crippen LogP contribution in [0.3, 0.4) is 0 Å². The average Bonchev–Trinajstić information content (AvgIpc) is 2.35. The number of nitrogens with one attached hydrogen (secondary N) is 1. The van der Waals surface area contributed by atoms with Crippen molar-refractivity contribution in [2.75, 3.05) is 19.6 Å². The van der Waals surface area contributed by atoms with Crippen molar-refractivity contribution in [1.29, 1.82) is 0 Å². The highest BCUT2D eigenvalue weighted by atomic mass is 19.1. The average molecular weight is 266 g/mol. The maximum atomic E-state index is 13.3. The fraction of sp³-hybridized carbons (Fsp3) is 0.625. The number of benzene rings is 1. The number of halogens is 1. The third-order valence-electron chi connectivity index (χ3n) is 3.70. The van der Waals surface area contributed by atoms with Gasteiger partial charge in [0.2, 0.25) is 0 Å². The van der Waals surface area contributed by atoms with Gasteiger partial charge in [0.05, 0.1) is 0 Å². The minimum atomic E-state index is -0.171. The fourth-order valence-electron chi connectivity index (χ4n) is 1.94. The first kappa shape index (κ1) is 16.1. The molecule has 0 radical (unpaired) electrons. The SMILES string of the molecule is CC(C)(CN)CCNCC(C)(C)c1cccc(F)c1. The normalized spacial score (nSPS) is 12.7. The third kappa shape index (κ3) is 5.29. The zero-order valence-corrected chi connectivity index (χ0v) is 12.6. The van der Waals surface area contributed by atoms with E-state index in [1.54, 1.807) is 12.1 Å². The molecule has 2 nitrogen and oxygen atoms in total. The molecule has 1 aromatic carbocycles. The monoisotopic (exact) mass is 266 g/mol. The molecule has 0 amide bonds. The molecule has 0 heterocycles. The lowest BCUT2D eigenvalue weighted by molar-refractivity contribution is 0.331. The van der Waals surface area contributed by atoms with Crippen molar-refractivity contribution in [3.05, 3.63) is 35.6 Å². The molecule has 0 unspecified atom stereocenters. The second-order valence-electron chi connectivity index (χ2n) is 6.69. The van der Waals surface area contributed by atoms with Gasteiger partial charge in [-0.25, -0.2) is 4.39 Å². The summed E-state index contributed by atoms with van der Waals surface area (Å²) in [5.74, 6) is -0.171. The van der Waals surface area contributed by atoms with Crippen molar-refractivity contribution in [3.8, 4) is 0 Å². The standard InChI is InChI=1S/C16H27FN2/c1-15(2,11-18)8-9-19-12-16(3,4)13-6-5-7-14(17)10-13/h5-7,10,19H,8-9,11-12,18H2,1-4H3. The molecule has 0 fully saturated rings. The quantitative estimate of drug-likeness (QED) is 0.744. The minimum absolute atomic E-state index is 0.0744. The van der Waals surface area contributed by atoms with Crippen LogP contribution < -0.4 is 11.1 Å². The molecule has 0 aromatic heterocycles. The predicted octanol–water partition coefficient (Wildman–Crippen LogP) is 3.07. The Kier molecular flexibility index (Phi) is 5.50. The molecule has 3 N–H and O–H groups in total. The smallest absolute Gasteiger partial charge is 0.123 e. The minimum Gasteiger partial charge on any atom is -0.330 e. The molecule has 19 heavy (non-hydrogen) atoms. The van der Waals surface area contributed by atoms with Gasteiger partial charge >= 0.3 is 0 Å². The largest absolute Gasteiger partial charge is 0.330 e. The van der Waals surface area contributed by atoms with E-state index in [0.29, 0.717) is 6.54 Å². The molecule has 3 heteroatoms. The van der Waals surface area contributed by atoms with Crippen molar-refractivity contribution in [1.82, 2.24) is 5.32 Å². The lowest BCUT2D eigenvalue weighted by Gasteiger charge is -2.28. The van der Waals surface area contributed by atoms with Gasteiger partial charge in [-0.1, -0.05) is 39.8 Å². The molecule has 1 rings (SSSR count). The highest BCUT2D eigenvalue weighted by molar-refractivity contribution is 5.24. The fourth-order valence-corrected chi connectivity index (χ4v) is 1.94. The summed E-state index contributed by atoms with van der Waals surface area (Å²) in [5.41, 5.74) is 6.84. The van der Waals surface area contributed by atoms with Crippen molar-refractivity contribution in [3.63, 3.8) is 0 Å². The topological polar surface area (TPSA) is 38.0 Å². The Balaban J connectivity index is 2.48. The van der Waals surface area contributed by atoms with Gasteiger partial charge in [-0.2, -0.15) is 0 Å². The summed E-state index contributed by atoms with van der Waals surface area (Å²) < 4.78 is 13.3. The summed E-state index contributed by atoms with van der Waals surface area (Å²) in [6, 6.07) is 6.85. The van der Waals surface area contributed by atoms with Gasteiger partial charge in [0, 0.05) is 12.0 Å². The first-order valence-corrected chi connectivity index (χ1v) is 6.94. The summed E-state index contributed by atoms with van der Waals surface area (Å²) >= 11 is 0. The van der Waals surface area contributed by atoms with Crippen LogP contribution in [-0.2, 0) is 5.41 Å². The van der Waals surface area contributed by atoms with Crippen molar-refractivity contribution in [2.45, 2.75) is 39.5 Å². The number of rotatable bonds is 7. The highest BCUT2D eigenvalue weighted by Gasteiger charge is 2.21. The maximum absolute atomic E-state index is 13.3. The van der Waals surface area contributed by atoms with E-state index < -0.39 is 0 Å². The van der Waals surface area contributed by atoms with E-state index in [1.807, 2.05) is 6.07 Å². The van der Waals surface area contributed by atoms with Crippen molar-refractivity contribution in [2.24, 2.45) is 11.1 Å². The summed E-state index contributed by atoms with van der Waals surface area (Å²) in [7, 11) is 0. The summed E-state index contributed by atoms with van der Waals surface area (Å²) in [5, 5.41) is 3.46. The molecule has 0 aliphatic rings. The third-order valence-corrected chi connectivity index (χ3v) is 3.70. The molecular weight excluding hydrogens is 239 g/mol. The molecule has 0 aliphatic carbocycles. The van der Waals surface area contributed by atoms with Crippen LogP contribution in [-0.4, -0.2) is 19.6 Å². The summed E-state index contributed by atoms with van der Waals surface area (Å²) in [6.07, 6.45) is 1.04. The number of nitrogens with two attached hydrogens (primary N) is 1. The van der Waals surface area contributed by atoms with Crippen LogP contribution in [0.1, 0.15) is 39.7 Å². The summed E-state index contributed by atoms with van der Waals surface area (Å²) in [6.45, 7) is 11.1. The van der Waals surface area contributed by atoms with E-state index >= 15 is 0 Å². The lowest BCUT2D eigenvalue weighted by Crippen LogP contribution is -2.36. The second kappa shape index (κ2) is 6.49. The molecule has 108 valence electrons. The van der Waals surface area contributed by atoms with E-state index in [2.05, 4.69) is 33.0 Å². The van der Waals surface area contributed by atoms with Gasteiger partial charge in [-0.15, -0.1) is 0 Å². The number of hydrogen-bond donors (Lipinski definition) is 2. The van der Waals surface area contributed by atoms with Crippen LogP contribution in [0.5, 0.6) is 0 Å². The Labute approximate surface area is 116 Å². The molecular formula is C16H27FN2. The molecule has 1 aromatic rings. The zero-order valence-electron chi connectivity index (χ0n) is 12.6. The van der Waals surface area contributed by atoms with E-state index in [-0.39, 0.29) is 16.6 Å². The van der Waals surface area contributed by atoms with Crippen LogP contribution in [0.15, 0.2) is 24.3 Å². The van der Waals surface area contributed by atoms with Crippen molar-refractivity contribution >= 4 is 0 Å². The van der Waals surface area contributed by atoms with Crippen LogP contribution in [0.25, 0.3) is 0 Å². The zero-order chi connectivity index (χ0) is 14.5. The Hall–Kier alpha value is -0.930.